The van der Waals surface area contributed by atoms with Crippen molar-refractivity contribution in [3.63, 3.8) is 0 Å². The minimum Gasteiger partial charge on any atom is -0.504 e. The van der Waals surface area contributed by atoms with Crippen LogP contribution in [0.1, 0.15) is 5.56 Å². The molecule has 24 heavy (non-hydrogen) atoms. The monoisotopic (exact) mass is 329 g/mol. The fourth-order valence-corrected chi connectivity index (χ4v) is 1.91. The highest BCUT2D eigenvalue weighted by atomic mass is 16.5. The lowest BCUT2D eigenvalue weighted by Crippen LogP contribution is -2.25. The molecule has 7 nitrogen and oxygen atoms in total. The highest BCUT2D eigenvalue weighted by Crippen LogP contribution is 2.27. The number of aromatic hydroxyl groups is 1. The molecular formula is C17H19N3O4. The molecule has 0 bridgehead atoms. The Balaban J connectivity index is 1.84. The summed E-state index contributed by atoms with van der Waals surface area (Å²) < 4.78 is 10.1. The van der Waals surface area contributed by atoms with Crippen molar-refractivity contribution in [2.75, 3.05) is 26.1 Å². The number of nitrogens with one attached hydrogen (secondary N) is 2. The average Bonchev–Trinajstić information content (AvgIpc) is 2.62. The van der Waals surface area contributed by atoms with E-state index in [1.165, 1.54) is 13.3 Å². The number of methoxy groups -OCH3 is 2. The second-order valence-corrected chi connectivity index (χ2v) is 4.77. The van der Waals surface area contributed by atoms with Gasteiger partial charge in [-0.3, -0.25) is 4.79 Å². The predicted octanol–water partition coefficient (Wildman–Crippen LogP) is 1.97. The van der Waals surface area contributed by atoms with Crippen LogP contribution in [0.15, 0.2) is 47.6 Å². The van der Waals surface area contributed by atoms with Crippen LogP contribution < -0.4 is 20.2 Å². The number of carbonyl (C=O) groups excluding carboxylic acids is 1. The van der Waals surface area contributed by atoms with Gasteiger partial charge in [0, 0.05) is 11.3 Å². The van der Waals surface area contributed by atoms with Gasteiger partial charge in [0.2, 0.25) is 0 Å². The minimum atomic E-state index is -0.315. The van der Waals surface area contributed by atoms with Crippen molar-refractivity contribution in [2.45, 2.75) is 0 Å². The summed E-state index contributed by atoms with van der Waals surface area (Å²) in [6.45, 7) is 0.0633. The normalized spacial score (nSPS) is 10.4. The summed E-state index contributed by atoms with van der Waals surface area (Å²) in [4.78, 5) is 11.7. The van der Waals surface area contributed by atoms with E-state index in [2.05, 4.69) is 15.8 Å². The molecule has 0 fully saturated rings. The molecule has 0 atom stereocenters. The van der Waals surface area contributed by atoms with E-state index in [-0.39, 0.29) is 18.2 Å². The summed E-state index contributed by atoms with van der Waals surface area (Å²) in [5, 5.41) is 16.7. The Kier molecular flexibility index (Phi) is 6.01. The van der Waals surface area contributed by atoms with Crippen LogP contribution in [0, 0.1) is 0 Å². The van der Waals surface area contributed by atoms with Crippen molar-refractivity contribution in [2.24, 2.45) is 5.10 Å². The van der Waals surface area contributed by atoms with Crippen LogP contribution in [0.5, 0.6) is 17.2 Å². The molecule has 3 N–H and O–H groups in total. The zero-order valence-electron chi connectivity index (χ0n) is 13.4. The van der Waals surface area contributed by atoms with Gasteiger partial charge in [0.05, 0.1) is 27.0 Å². The Labute approximate surface area is 139 Å². The summed E-state index contributed by atoms with van der Waals surface area (Å²) in [6, 6.07) is 12.2. The molecule has 0 spiro atoms. The third kappa shape index (κ3) is 4.64. The fourth-order valence-electron chi connectivity index (χ4n) is 1.91. The Bertz CT molecular complexity index is 714. The number of carbonyl (C=O) groups is 1. The molecule has 0 heterocycles. The second kappa shape index (κ2) is 8.42. The predicted molar refractivity (Wildman–Crippen MR) is 91.9 cm³/mol. The number of amides is 1. The maximum absolute atomic E-state index is 11.7. The Morgan fingerprint density at radius 1 is 1.17 bits per heavy atom. The van der Waals surface area contributed by atoms with E-state index >= 15 is 0 Å². The third-order valence-electron chi connectivity index (χ3n) is 3.19. The lowest BCUT2D eigenvalue weighted by molar-refractivity contribution is -0.119. The van der Waals surface area contributed by atoms with Crippen molar-refractivity contribution >= 4 is 17.8 Å². The molecule has 0 unspecified atom stereocenters. The largest absolute Gasteiger partial charge is 0.504 e. The molecule has 0 saturated heterocycles. The molecule has 0 aliphatic carbocycles. The molecule has 2 rings (SSSR count). The molecule has 0 radical (unpaired) electrons. The maximum Gasteiger partial charge on any atom is 0.259 e. The van der Waals surface area contributed by atoms with Gasteiger partial charge in [-0.2, -0.15) is 5.10 Å². The van der Waals surface area contributed by atoms with Crippen molar-refractivity contribution in [1.29, 1.82) is 0 Å². The molecule has 0 aromatic heterocycles. The molecule has 0 saturated carbocycles. The standard InChI is InChI=1S/C17H19N3O4/c1-23-14-8-6-13(7-9-14)18-11-16(21)20-19-10-12-4-3-5-15(24-2)17(12)22/h3-10,18,22H,11H2,1-2H3,(H,20,21)/b19-10-. The Morgan fingerprint density at radius 2 is 1.92 bits per heavy atom. The van der Waals surface area contributed by atoms with Crippen molar-refractivity contribution in [1.82, 2.24) is 5.43 Å². The van der Waals surface area contributed by atoms with Crippen molar-refractivity contribution in [3.05, 3.63) is 48.0 Å². The van der Waals surface area contributed by atoms with Gasteiger partial charge in [0.15, 0.2) is 11.5 Å². The van der Waals surface area contributed by atoms with Crippen LogP contribution in [0.3, 0.4) is 0 Å². The maximum atomic E-state index is 11.7. The van der Waals surface area contributed by atoms with E-state index in [0.717, 1.165) is 11.4 Å². The van der Waals surface area contributed by atoms with Gasteiger partial charge in [-0.15, -0.1) is 0 Å². The quantitative estimate of drug-likeness (QED) is 0.533. The smallest absolute Gasteiger partial charge is 0.259 e. The fraction of sp³-hybridized carbons (Fsp3) is 0.176. The molecule has 2 aromatic carbocycles. The van der Waals surface area contributed by atoms with E-state index in [0.29, 0.717) is 11.3 Å². The molecule has 0 aliphatic heterocycles. The van der Waals surface area contributed by atoms with Gasteiger partial charge in [-0.25, -0.2) is 5.43 Å². The zero-order valence-corrected chi connectivity index (χ0v) is 13.4. The number of para-hydroxylation sites is 1. The molecule has 1 amide bonds. The Morgan fingerprint density at radius 3 is 2.58 bits per heavy atom. The molecular weight excluding hydrogens is 310 g/mol. The van der Waals surface area contributed by atoms with Gasteiger partial charge in [-0.05, 0) is 36.4 Å². The Hall–Kier alpha value is -3.22. The highest BCUT2D eigenvalue weighted by molar-refractivity contribution is 5.87. The number of benzene rings is 2. The summed E-state index contributed by atoms with van der Waals surface area (Å²) in [5.74, 6) is 0.734. The summed E-state index contributed by atoms with van der Waals surface area (Å²) in [5.41, 5.74) is 3.61. The van der Waals surface area contributed by atoms with Gasteiger partial charge in [0.1, 0.15) is 5.75 Å². The SMILES string of the molecule is COc1ccc(NCC(=O)N/N=C\c2cccc(OC)c2O)cc1. The number of anilines is 1. The minimum absolute atomic E-state index is 0.0330. The van der Waals surface area contributed by atoms with E-state index < -0.39 is 0 Å². The number of phenols is 1. The van der Waals surface area contributed by atoms with Crippen LogP contribution in [-0.2, 0) is 4.79 Å². The van der Waals surface area contributed by atoms with Gasteiger partial charge in [0.25, 0.3) is 5.91 Å². The molecule has 2 aromatic rings. The lowest BCUT2D eigenvalue weighted by Gasteiger charge is -2.07. The van der Waals surface area contributed by atoms with Gasteiger partial charge >= 0.3 is 0 Å². The average molecular weight is 329 g/mol. The van der Waals surface area contributed by atoms with Crippen LogP contribution >= 0.6 is 0 Å². The van der Waals surface area contributed by atoms with Crippen molar-refractivity contribution < 1.29 is 19.4 Å². The number of nitrogens with zero attached hydrogens (tertiary/aromatic N) is 1. The van der Waals surface area contributed by atoms with Crippen LogP contribution in [0.4, 0.5) is 5.69 Å². The summed E-state index contributed by atoms with van der Waals surface area (Å²) >= 11 is 0. The topological polar surface area (TPSA) is 92.2 Å². The number of hydrazone groups is 1. The van der Waals surface area contributed by atoms with Crippen LogP contribution in [0.2, 0.25) is 0 Å². The first-order chi connectivity index (χ1) is 11.6. The highest BCUT2D eigenvalue weighted by Gasteiger charge is 2.05. The molecule has 0 aliphatic rings. The first kappa shape index (κ1) is 17.1. The number of hydrogen-bond acceptors (Lipinski definition) is 6. The summed E-state index contributed by atoms with van der Waals surface area (Å²) in [7, 11) is 3.05. The molecule has 126 valence electrons. The van der Waals surface area contributed by atoms with Crippen LogP contribution in [-0.4, -0.2) is 38.0 Å². The first-order valence-electron chi connectivity index (χ1n) is 7.20. The lowest BCUT2D eigenvalue weighted by atomic mass is 10.2. The van der Waals surface area contributed by atoms with Gasteiger partial charge in [-0.1, -0.05) is 6.07 Å². The molecule has 7 heteroatoms. The number of rotatable bonds is 7. The number of hydrogen-bond donors (Lipinski definition) is 3. The van der Waals surface area contributed by atoms with Crippen LogP contribution in [0.25, 0.3) is 0 Å². The van der Waals surface area contributed by atoms with E-state index in [9.17, 15) is 9.90 Å². The second-order valence-electron chi connectivity index (χ2n) is 4.77. The number of ether oxygens (including phenoxy) is 2. The van der Waals surface area contributed by atoms with E-state index in [4.69, 9.17) is 9.47 Å². The first-order valence-corrected chi connectivity index (χ1v) is 7.20. The van der Waals surface area contributed by atoms with Gasteiger partial charge < -0.3 is 19.9 Å². The summed E-state index contributed by atoms with van der Waals surface area (Å²) in [6.07, 6.45) is 1.35. The zero-order chi connectivity index (χ0) is 17.4. The van der Waals surface area contributed by atoms with E-state index in [1.54, 1.807) is 37.4 Å². The number of phenolic OH excluding ortho intramolecular Hbond substituents is 1. The third-order valence-corrected chi connectivity index (χ3v) is 3.19. The van der Waals surface area contributed by atoms with E-state index in [1.807, 2.05) is 12.1 Å². The van der Waals surface area contributed by atoms with Crippen molar-refractivity contribution in [3.8, 4) is 17.2 Å².